The summed E-state index contributed by atoms with van der Waals surface area (Å²) in [5.74, 6) is 1.95. The molecule has 0 spiro atoms. The van der Waals surface area contributed by atoms with Crippen LogP contribution in [0.4, 0.5) is 0 Å². The topological polar surface area (TPSA) is 65.0 Å². The van der Waals surface area contributed by atoms with E-state index < -0.39 is 0 Å². The van der Waals surface area contributed by atoms with Gasteiger partial charge in [-0.15, -0.1) is 0 Å². The van der Waals surface area contributed by atoms with E-state index in [2.05, 4.69) is 109 Å². The van der Waals surface area contributed by atoms with Crippen molar-refractivity contribution in [2.24, 2.45) is 0 Å². The van der Waals surface area contributed by atoms with Crippen LogP contribution in [0.2, 0.25) is 0 Å². The molecule has 0 atom stereocenters. The summed E-state index contributed by atoms with van der Waals surface area (Å²) in [6, 6.07) is 52.4. The molecule has 0 amide bonds. The fraction of sp³-hybridized carbons (Fsp3) is 0.0217. The van der Waals surface area contributed by atoms with Crippen LogP contribution in [0, 0.1) is 0 Å². The Morgan fingerprint density at radius 1 is 0.353 bits per heavy atom. The second kappa shape index (κ2) is 10.8. The highest BCUT2D eigenvalue weighted by Gasteiger charge is 2.24. The molecular formula is C46H27N3O2. The highest BCUT2D eigenvalue weighted by atomic mass is 16.3. The van der Waals surface area contributed by atoms with E-state index >= 15 is 0 Å². The lowest BCUT2D eigenvalue weighted by Crippen LogP contribution is -2.01. The molecule has 0 saturated heterocycles. The second-order valence-corrected chi connectivity index (χ2v) is 13.2. The Balaban J connectivity index is 1.06. The molecule has 238 valence electrons. The summed E-state index contributed by atoms with van der Waals surface area (Å²) in [5, 5.41) is 4.31. The van der Waals surface area contributed by atoms with Crippen molar-refractivity contribution in [1.29, 1.82) is 0 Å². The minimum Gasteiger partial charge on any atom is -0.456 e. The standard InChI is InChI=1S/C46H27N3O2/c1-2-10-27(11-3-1)44-47-45(49-46(48-44)35-18-9-14-31-23-30-12-4-5-16-33(30)43(31)35)32-15-8-13-28(22-32)29-20-21-40-36(24-29)38-25-37-34-17-6-7-19-39(34)50-41(37)26-42(38)51-40/h1-22,24-26H,23H2. The quantitative estimate of drug-likeness (QED) is 0.189. The Bertz CT molecular complexity index is 3010. The van der Waals surface area contributed by atoms with Crippen molar-refractivity contribution in [3.63, 3.8) is 0 Å². The van der Waals surface area contributed by atoms with Gasteiger partial charge in [-0.3, -0.25) is 0 Å². The molecule has 1 aliphatic carbocycles. The molecule has 0 N–H and O–H groups in total. The van der Waals surface area contributed by atoms with Crippen molar-refractivity contribution in [2.75, 3.05) is 0 Å². The van der Waals surface area contributed by atoms with Crippen molar-refractivity contribution in [2.45, 2.75) is 6.42 Å². The van der Waals surface area contributed by atoms with E-state index in [-0.39, 0.29) is 0 Å². The van der Waals surface area contributed by atoms with Crippen molar-refractivity contribution < 1.29 is 8.83 Å². The molecule has 0 bridgehead atoms. The molecule has 3 heterocycles. The number of furan rings is 2. The van der Waals surface area contributed by atoms with Gasteiger partial charge >= 0.3 is 0 Å². The fourth-order valence-electron chi connectivity index (χ4n) is 7.73. The molecule has 10 aromatic rings. The van der Waals surface area contributed by atoms with Crippen LogP contribution in [-0.4, -0.2) is 15.0 Å². The summed E-state index contributed by atoms with van der Waals surface area (Å²) in [6.45, 7) is 0. The maximum Gasteiger partial charge on any atom is 0.164 e. The summed E-state index contributed by atoms with van der Waals surface area (Å²) < 4.78 is 12.5. The summed E-state index contributed by atoms with van der Waals surface area (Å²) in [6.07, 6.45) is 0.907. The lowest BCUT2D eigenvalue weighted by Gasteiger charge is -2.12. The van der Waals surface area contributed by atoms with E-state index in [9.17, 15) is 0 Å². The van der Waals surface area contributed by atoms with Crippen LogP contribution >= 0.6 is 0 Å². The van der Waals surface area contributed by atoms with Crippen LogP contribution in [0.25, 0.3) is 100 Å². The molecule has 51 heavy (non-hydrogen) atoms. The molecule has 5 heteroatoms. The third-order valence-electron chi connectivity index (χ3n) is 10.1. The van der Waals surface area contributed by atoms with Crippen LogP contribution in [-0.2, 0) is 6.42 Å². The first kappa shape index (κ1) is 28.0. The summed E-state index contributed by atoms with van der Waals surface area (Å²) >= 11 is 0. The highest BCUT2D eigenvalue weighted by molar-refractivity contribution is 6.15. The van der Waals surface area contributed by atoms with E-state index in [0.29, 0.717) is 17.5 Å². The normalized spacial score (nSPS) is 12.2. The third kappa shape index (κ3) is 4.45. The number of hydrogen-bond acceptors (Lipinski definition) is 5. The minimum atomic E-state index is 0.633. The van der Waals surface area contributed by atoms with Crippen LogP contribution in [0.15, 0.2) is 160 Å². The Labute approximate surface area is 292 Å². The van der Waals surface area contributed by atoms with E-state index in [1.165, 1.54) is 22.3 Å². The molecule has 5 nitrogen and oxygen atoms in total. The van der Waals surface area contributed by atoms with Gasteiger partial charge in [-0.1, -0.05) is 115 Å². The number of hydrogen-bond donors (Lipinski definition) is 0. The fourth-order valence-corrected chi connectivity index (χ4v) is 7.73. The maximum atomic E-state index is 6.32. The summed E-state index contributed by atoms with van der Waals surface area (Å²) in [7, 11) is 0. The zero-order chi connectivity index (χ0) is 33.5. The third-order valence-corrected chi connectivity index (χ3v) is 10.1. The molecule has 11 rings (SSSR count). The SMILES string of the molecule is c1ccc(-c2nc(-c3cccc(-c4ccc5oc6cc7oc8ccccc8c7cc6c5c4)c3)nc(-c3cccc4c3-c3ccccc3C4)n2)cc1. The Hall–Kier alpha value is -6.85. The molecule has 1 aliphatic rings. The van der Waals surface area contributed by atoms with Crippen LogP contribution in [0.3, 0.4) is 0 Å². The second-order valence-electron chi connectivity index (χ2n) is 13.2. The number of benzene rings is 7. The highest BCUT2D eigenvalue weighted by Crippen LogP contribution is 2.43. The maximum absolute atomic E-state index is 6.32. The van der Waals surface area contributed by atoms with Crippen LogP contribution < -0.4 is 0 Å². The minimum absolute atomic E-state index is 0.633. The smallest absolute Gasteiger partial charge is 0.164 e. The molecule has 0 aliphatic heterocycles. The number of rotatable bonds is 4. The van der Waals surface area contributed by atoms with Gasteiger partial charge in [-0.2, -0.15) is 0 Å². The zero-order valence-corrected chi connectivity index (χ0v) is 27.3. The Morgan fingerprint density at radius 2 is 0.961 bits per heavy atom. The number of nitrogens with zero attached hydrogens (tertiary/aromatic N) is 3. The first-order chi connectivity index (χ1) is 25.2. The van der Waals surface area contributed by atoms with E-state index in [1.54, 1.807) is 0 Å². The first-order valence-corrected chi connectivity index (χ1v) is 17.1. The van der Waals surface area contributed by atoms with Gasteiger partial charge in [-0.05, 0) is 70.1 Å². The predicted molar refractivity (Wildman–Crippen MR) is 204 cm³/mol. The van der Waals surface area contributed by atoms with Crippen LogP contribution in [0.5, 0.6) is 0 Å². The average molecular weight is 654 g/mol. The van der Waals surface area contributed by atoms with Gasteiger partial charge in [-0.25, -0.2) is 15.0 Å². The number of fused-ring (bicyclic) bond motifs is 9. The van der Waals surface area contributed by atoms with E-state index in [0.717, 1.165) is 78.1 Å². The van der Waals surface area contributed by atoms with Crippen LogP contribution in [0.1, 0.15) is 11.1 Å². The summed E-state index contributed by atoms with van der Waals surface area (Å²) in [5.41, 5.74) is 13.5. The van der Waals surface area contributed by atoms with Crippen molar-refractivity contribution in [1.82, 2.24) is 15.0 Å². The van der Waals surface area contributed by atoms with E-state index in [4.69, 9.17) is 23.8 Å². The molecule has 0 unspecified atom stereocenters. The number of para-hydroxylation sites is 1. The van der Waals surface area contributed by atoms with Gasteiger partial charge < -0.3 is 8.83 Å². The molecule has 0 radical (unpaired) electrons. The van der Waals surface area contributed by atoms with Gasteiger partial charge in [0.1, 0.15) is 22.3 Å². The van der Waals surface area contributed by atoms with Crippen molar-refractivity contribution in [3.05, 3.63) is 163 Å². The predicted octanol–water partition coefficient (Wildman–Crippen LogP) is 11.9. The Morgan fingerprint density at radius 3 is 1.86 bits per heavy atom. The Kier molecular flexibility index (Phi) is 5.95. The van der Waals surface area contributed by atoms with Crippen molar-refractivity contribution >= 4 is 43.9 Å². The molecule has 3 aromatic heterocycles. The van der Waals surface area contributed by atoms with Gasteiger partial charge in [0.05, 0.1) is 0 Å². The molecule has 0 fully saturated rings. The van der Waals surface area contributed by atoms with Gasteiger partial charge in [0.2, 0.25) is 0 Å². The van der Waals surface area contributed by atoms with Gasteiger partial charge in [0, 0.05) is 44.3 Å². The number of aromatic nitrogens is 3. The lowest BCUT2D eigenvalue weighted by atomic mass is 9.98. The largest absolute Gasteiger partial charge is 0.456 e. The molecule has 7 aromatic carbocycles. The molecule has 0 saturated carbocycles. The lowest BCUT2D eigenvalue weighted by molar-refractivity contribution is 0.656. The monoisotopic (exact) mass is 653 g/mol. The van der Waals surface area contributed by atoms with Gasteiger partial charge in [0.25, 0.3) is 0 Å². The first-order valence-electron chi connectivity index (χ1n) is 17.1. The van der Waals surface area contributed by atoms with Gasteiger partial charge in [0.15, 0.2) is 17.5 Å². The van der Waals surface area contributed by atoms with Crippen molar-refractivity contribution in [3.8, 4) is 56.4 Å². The average Bonchev–Trinajstić information content (AvgIpc) is 3.87. The molecular weight excluding hydrogens is 627 g/mol. The van der Waals surface area contributed by atoms with E-state index in [1.807, 2.05) is 42.5 Å². The summed E-state index contributed by atoms with van der Waals surface area (Å²) in [4.78, 5) is 15.3. The zero-order valence-electron chi connectivity index (χ0n) is 27.3.